The molecule has 0 aliphatic heterocycles. The third-order valence-electron chi connectivity index (χ3n) is 3.52. The third kappa shape index (κ3) is 4.18. The number of halogens is 1. The molecule has 1 aliphatic rings. The molecule has 1 aliphatic carbocycles. The molecule has 1 aromatic carbocycles. The number of amides is 1. The lowest BCUT2D eigenvalue weighted by Gasteiger charge is -2.17. The molecule has 0 spiro atoms. The third-order valence-corrected chi connectivity index (χ3v) is 4.05. The van der Waals surface area contributed by atoms with E-state index in [-0.39, 0.29) is 24.5 Å². The summed E-state index contributed by atoms with van der Waals surface area (Å²) in [6, 6.07) is 7.89. The van der Waals surface area contributed by atoms with Crippen LogP contribution in [0.25, 0.3) is 6.08 Å². The highest BCUT2D eigenvalue weighted by Crippen LogP contribution is 2.24. The van der Waals surface area contributed by atoms with Gasteiger partial charge in [-0.15, -0.1) is 0 Å². The van der Waals surface area contributed by atoms with Crippen LogP contribution in [-0.4, -0.2) is 23.7 Å². The van der Waals surface area contributed by atoms with E-state index in [9.17, 15) is 9.90 Å². The minimum Gasteiger partial charge on any atom is -0.396 e. The van der Waals surface area contributed by atoms with E-state index in [2.05, 4.69) is 21.2 Å². The summed E-state index contributed by atoms with van der Waals surface area (Å²) in [6.07, 6.45) is 6.38. The van der Waals surface area contributed by atoms with Gasteiger partial charge in [0, 0.05) is 29.1 Å². The Labute approximate surface area is 121 Å². The van der Waals surface area contributed by atoms with Crippen LogP contribution in [0.1, 0.15) is 24.8 Å². The SMILES string of the molecule is O=C(/C=C/c1ccc(Br)cc1)NC1CCCC1CO. The first kappa shape index (κ1) is 14.3. The van der Waals surface area contributed by atoms with Crippen molar-refractivity contribution in [1.29, 1.82) is 0 Å². The second-order valence-corrected chi connectivity index (χ2v) is 5.79. The van der Waals surface area contributed by atoms with Crippen molar-refractivity contribution in [3.05, 3.63) is 40.4 Å². The molecule has 0 saturated heterocycles. The zero-order valence-corrected chi connectivity index (χ0v) is 12.3. The summed E-state index contributed by atoms with van der Waals surface area (Å²) in [5, 5.41) is 12.2. The Kier molecular flexibility index (Phi) is 5.16. The summed E-state index contributed by atoms with van der Waals surface area (Å²) in [5.74, 6) is 0.123. The van der Waals surface area contributed by atoms with Crippen molar-refractivity contribution in [2.75, 3.05) is 6.61 Å². The average Bonchev–Trinajstić information content (AvgIpc) is 2.85. The van der Waals surface area contributed by atoms with Gasteiger partial charge in [0.25, 0.3) is 0 Å². The molecule has 2 atom stereocenters. The molecule has 1 amide bonds. The Morgan fingerprint density at radius 3 is 2.79 bits per heavy atom. The fourth-order valence-corrected chi connectivity index (χ4v) is 2.69. The maximum atomic E-state index is 11.8. The van der Waals surface area contributed by atoms with E-state index >= 15 is 0 Å². The standard InChI is InChI=1S/C15H18BrNO2/c16-13-7-4-11(5-8-13)6-9-15(19)17-14-3-1-2-12(14)10-18/h4-9,12,14,18H,1-3,10H2,(H,17,19)/b9-6+. The molecule has 0 bridgehead atoms. The molecule has 2 unspecified atom stereocenters. The lowest BCUT2D eigenvalue weighted by molar-refractivity contribution is -0.117. The molecule has 102 valence electrons. The Balaban J connectivity index is 1.88. The lowest BCUT2D eigenvalue weighted by atomic mass is 10.1. The predicted molar refractivity (Wildman–Crippen MR) is 79.5 cm³/mol. The normalized spacial score (nSPS) is 22.8. The summed E-state index contributed by atoms with van der Waals surface area (Å²) in [7, 11) is 0. The summed E-state index contributed by atoms with van der Waals surface area (Å²) in [5.41, 5.74) is 0.989. The summed E-state index contributed by atoms with van der Waals surface area (Å²) in [4.78, 5) is 11.8. The van der Waals surface area contributed by atoms with Gasteiger partial charge in [-0.1, -0.05) is 34.5 Å². The summed E-state index contributed by atoms with van der Waals surface area (Å²) in [6.45, 7) is 0.154. The van der Waals surface area contributed by atoms with Crippen LogP contribution in [0.15, 0.2) is 34.8 Å². The maximum absolute atomic E-state index is 11.8. The van der Waals surface area contributed by atoms with Crippen molar-refractivity contribution in [3.8, 4) is 0 Å². The first-order valence-corrected chi connectivity index (χ1v) is 7.33. The van der Waals surface area contributed by atoms with Gasteiger partial charge in [-0.25, -0.2) is 0 Å². The van der Waals surface area contributed by atoms with E-state index in [1.54, 1.807) is 12.2 Å². The van der Waals surface area contributed by atoms with Crippen molar-refractivity contribution in [1.82, 2.24) is 5.32 Å². The second-order valence-electron chi connectivity index (χ2n) is 4.87. The van der Waals surface area contributed by atoms with Crippen LogP contribution < -0.4 is 5.32 Å². The molecular formula is C15H18BrNO2. The van der Waals surface area contributed by atoms with Gasteiger partial charge in [0.2, 0.25) is 5.91 Å². The number of carbonyl (C=O) groups excluding carboxylic acids is 1. The van der Waals surface area contributed by atoms with Gasteiger partial charge in [0.05, 0.1) is 0 Å². The minimum absolute atomic E-state index is 0.0896. The molecule has 19 heavy (non-hydrogen) atoms. The Morgan fingerprint density at radius 1 is 1.37 bits per heavy atom. The highest BCUT2D eigenvalue weighted by atomic mass is 79.9. The van der Waals surface area contributed by atoms with Crippen LogP contribution >= 0.6 is 15.9 Å². The van der Waals surface area contributed by atoms with E-state index in [1.165, 1.54) is 0 Å². The largest absolute Gasteiger partial charge is 0.396 e. The van der Waals surface area contributed by atoms with Gasteiger partial charge in [-0.2, -0.15) is 0 Å². The number of hydrogen-bond donors (Lipinski definition) is 2. The molecule has 1 aromatic rings. The highest BCUT2D eigenvalue weighted by Gasteiger charge is 2.27. The summed E-state index contributed by atoms with van der Waals surface area (Å²) >= 11 is 3.37. The van der Waals surface area contributed by atoms with Gasteiger partial charge in [0.1, 0.15) is 0 Å². The molecule has 2 N–H and O–H groups in total. The molecule has 4 heteroatoms. The quantitative estimate of drug-likeness (QED) is 0.837. The minimum atomic E-state index is -0.0896. The van der Waals surface area contributed by atoms with Crippen LogP contribution in [-0.2, 0) is 4.79 Å². The van der Waals surface area contributed by atoms with E-state index in [1.807, 2.05) is 24.3 Å². The van der Waals surface area contributed by atoms with Gasteiger partial charge in [-0.3, -0.25) is 4.79 Å². The number of nitrogens with one attached hydrogen (secondary N) is 1. The number of hydrogen-bond acceptors (Lipinski definition) is 2. The van der Waals surface area contributed by atoms with Crippen LogP contribution in [0.4, 0.5) is 0 Å². The van der Waals surface area contributed by atoms with Crippen molar-refractivity contribution in [2.45, 2.75) is 25.3 Å². The van der Waals surface area contributed by atoms with Crippen molar-refractivity contribution < 1.29 is 9.90 Å². The molecule has 3 nitrogen and oxygen atoms in total. The van der Waals surface area contributed by atoms with Crippen LogP contribution in [0.2, 0.25) is 0 Å². The summed E-state index contributed by atoms with van der Waals surface area (Å²) < 4.78 is 1.02. The van der Waals surface area contributed by atoms with Gasteiger partial charge < -0.3 is 10.4 Å². The van der Waals surface area contributed by atoms with E-state index in [0.717, 1.165) is 29.3 Å². The fourth-order valence-electron chi connectivity index (χ4n) is 2.42. The molecule has 1 saturated carbocycles. The molecule has 0 heterocycles. The van der Waals surface area contributed by atoms with Crippen LogP contribution in [0.5, 0.6) is 0 Å². The molecule has 2 rings (SSSR count). The molecular weight excluding hydrogens is 306 g/mol. The highest BCUT2D eigenvalue weighted by molar-refractivity contribution is 9.10. The first-order valence-electron chi connectivity index (χ1n) is 6.54. The Bertz CT molecular complexity index is 456. The first-order chi connectivity index (χ1) is 9.19. The number of benzene rings is 1. The van der Waals surface area contributed by atoms with Crippen LogP contribution in [0.3, 0.4) is 0 Å². The lowest BCUT2D eigenvalue weighted by Crippen LogP contribution is -2.37. The van der Waals surface area contributed by atoms with Crippen molar-refractivity contribution in [2.24, 2.45) is 5.92 Å². The maximum Gasteiger partial charge on any atom is 0.244 e. The topological polar surface area (TPSA) is 49.3 Å². The number of aliphatic hydroxyl groups excluding tert-OH is 1. The Hall–Kier alpha value is -1.13. The van der Waals surface area contributed by atoms with E-state index < -0.39 is 0 Å². The van der Waals surface area contributed by atoms with Gasteiger partial charge in [0.15, 0.2) is 0 Å². The number of carbonyl (C=O) groups is 1. The number of rotatable bonds is 4. The average molecular weight is 324 g/mol. The fraction of sp³-hybridized carbons (Fsp3) is 0.400. The monoisotopic (exact) mass is 323 g/mol. The smallest absolute Gasteiger partial charge is 0.244 e. The molecule has 1 fully saturated rings. The zero-order valence-electron chi connectivity index (χ0n) is 10.7. The molecule has 0 aromatic heterocycles. The van der Waals surface area contributed by atoms with E-state index in [4.69, 9.17) is 0 Å². The van der Waals surface area contributed by atoms with Crippen molar-refractivity contribution in [3.63, 3.8) is 0 Å². The van der Waals surface area contributed by atoms with Gasteiger partial charge >= 0.3 is 0 Å². The van der Waals surface area contributed by atoms with E-state index in [0.29, 0.717) is 0 Å². The van der Waals surface area contributed by atoms with Crippen molar-refractivity contribution >= 4 is 27.9 Å². The molecule has 0 radical (unpaired) electrons. The predicted octanol–water partition coefficient (Wildman–Crippen LogP) is 2.74. The zero-order chi connectivity index (χ0) is 13.7. The second kappa shape index (κ2) is 6.87. The van der Waals surface area contributed by atoms with Gasteiger partial charge in [-0.05, 0) is 36.6 Å². The number of aliphatic hydroxyl groups is 1. The Morgan fingerprint density at radius 2 is 2.11 bits per heavy atom. The van der Waals surface area contributed by atoms with Crippen LogP contribution in [0, 0.1) is 5.92 Å².